The van der Waals surface area contributed by atoms with Crippen LogP contribution in [-0.2, 0) is 19.0 Å². The maximum Gasteiger partial charge on any atom is 0.416 e. The van der Waals surface area contributed by atoms with E-state index in [0.717, 1.165) is 30.2 Å². The highest BCUT2D eigenvalue weighted by Crippen LogP contribution is 2.42. The molecule has 1 unspecified atom stereocenters. The minimum absolute atomic E-state index is 0.0335. The first-order valence-corrected chi connectivity index (χ1v) is 11.7. The third-order valence-corrected chi connectivity index (χ3v) is 7.70. The zero-order valence-electron chi connectivity index (χ0n) is 16.9. The molecule has 0 saturated heterocycles. The molecule has 3 nitrogen and oxygen atoms in total. The number of aliphatic hydroxyl groups excluding tert-OH is 1. The van der Waals surface area contributed by atoms with Gasteiger partial charge >= 0.3 is 12.1 Å². The summed E-state index contributed by atoms with van der Waals surface area (Å²) in [6, 6.07) is 8.85. The second-order valence-electron chi connectivity index (χ2n) is 8.20. The van der Waals surface area contributed by atoms with Gasteiger partial charge in [-0.05, 0) is 80.5 Å². The number of carboxylic acids is 1. The summed E-state index contributed by atoms with van der Waals surface area (Å²) >= 11 is 7.78. The molecule has 170 valence electrons. The van der Waals surface area contributed by atoms with E-state index >= 15 is 0 Å². The van der Waals surface area contributed by atoms with Crippen LogP contribution in [0.15, 0.2) is 36.4 Å². The fourth-order valence-electron chi connectivity index (χ4n) is 4.52. The Morgan fingerprint density at radius 3 is 2.48 bits per heavy atom. The van der Waals surface area contributed by atoms with Gasteiger partial charge in [0, 0.05) is 10.3 Å². The van der Waals surface area contributed by atoms with Gasteiger partial charge in [0.1, 0.15) is 4.88 Å². The molecule has 8 heteroatoms. The topological polar surface area (TPSA) is 57.5 Å². The number of aliphatic hydroxyl groups is 1. The van der Waals surface area contributed by atoms with E-state index in [1.807, 2.05) is 6.07 Å². The van der Waals surface area contributed by atoms with Gasteiger partial charge in [-0.15, -0.1) is 22.9 Å². The summed E-state index contributed by atoms with van der Waals surface area (Å²) < 4.78 is 38.7. The molecule has 1 aromatic heterocycles. The molecule has 2 aromatic rings. The van der Waals surface area contributed by atoms with Gasteiger partial charge in [0.05, 0.1) is 11.7 Å². The van der Waals surface area contributed by atoms with E-state index in [4.69, 9.17) is 16.7 Å². The molecule has 2 N–H and O–H groups in total. The normalized spacial score (nSPS) is 23.9. The molecule has 1 heterocycles. The lowest BCUT2D eigenvalue weighted by atomic mass is 9.85. The number of halogens is 4. The van der Waals surface area contributed by atoms with E-state index in [1.54, 1.807) is 12.1 Å². The minimum Gasteiger partial charge on any atom is -0.477 e. The van der Waals surface area contributed by atoms with Crippen molar-refractivity contribution in [1.82, 2.24) is 0 Å². The van der Waals surface area contributed by atoms with Crippen LogP contribution in [0.2, 0.25) is 0 Å². The van der Waals surface area contributed by atoms with Gasteiger partial charge in [0.15, 0.2) is 0 Å². The molecular formula is C23H26ClF3O3S. The lowest BCUT2D eigenvalue weighted by Crippen LogP contribution is -2.21. The number of hydrogen-bond donors (Lipinski definition) is 2. The number of carbonyl (C=O) groups is 1. The Kier molecular flexibility index (Phi) is 8.05. The van der Waals surface area contributed by atoms with Crippen LogP contribution in [0.3, 0.4) is 0 Å². The Bertz CT molecular complexity index is 883. The Hall–Kier alpha value is -1.57. The number of thiophene rings is 1. The van der Waals surface area contributed by atoms with Gasteiger partial charge < -0.3 is 10.2 Å². The van der Waals surface area contributed by atoms with Gasteiger partial charge in [-0.3, -0.25) is 0 Å². The molecule has 0 aliphatic heterocycles. The van der Waals surface area contributed by atoms with Crippen molar-refractivity contribution >= 4 is 28.9 Å². The zero-order chi connectivity index (χ0) is 22.6. The summed E-state index contributed by atoms with van der Waals surface area (Å²) in [5.74, 6) is -0.736. The zero-order valence-corrected chi connectivity index (χ0v) is 18.5. The van der Waals surface area contributed by atoms with Gasteiger partial charge in [-0.25, -0.2) is 4.79 Å². The third-order valence-electron chi connectivity index (χ3n) is 6.07. The van der Waals surface area contributed by atoms with Crippen LogP contribution in [0, 0.1) is 11.8 Å². The molecule has 0 radical (unpaired) electrons. The van der Waals surface area contributed by atoms with Crippen LogP contribution < -0.4 is 0 Å². The van der Waals surface area contributed by atoms with Gasteiger partial charge in [0.2, 0.25) is 0 Å². The van der Waals surface area contributed by atoms with E-state index in [-0.39, 0.29) is 17.2 Å². The summed E-state index contributed by atoms with van der Waals surface area (Å²) in [7, 11) is 0. The molecule has 4 atom stereocenters. The van der Waals surface area contributed by atoms with Crippen LogP contribution in [0.5, 0.6) is 0 Å². The van der Waals surface area contributed by atoms with Crippen LogP contribution in [0.25, 0.3) is 0 Å². The summed E-state index contributed by atoms with van der Waals surface area (Å²) in [5.41, 5.74) is 0.0115. The highest BCUT2D eigenvalue weighted by Gasteiger charge is 2.40. The van der Waals surface area contributed by atoms with E-state index < -0.39 is 23.8 Å². The molecule has 3 rings (SSSR count). The maximum absolute atomic E-state index is 12.9. The first-order chi connectivity index (χ1) is 14.6. The summed E-state index contributed by atoms with van der Waals surface area (Å²) in [6.07, 6.45) is 0.0817. The van der Waals surface area contributed by atoms with Crippen molar-refractivity contribution in [1.29, 1.82) is 0 Å². The lowest BCUT2D eigenvalue weighted by molar-refractivity contribution is -0.137. The SMILES string of the molecule is O=C(O)c1ccc(CCC[C@H]2C(Cl)C[C@@H](O)[C@@H]2CCCc2cccc(C(F)(F)F)c2)s1. The molecule has 1 saturated carbocycles. The van der Waals surface area contributed by atoms with Crippen molar-refractivity contribution in [2.45, 2.75) is 62.6 Å². The Labute approximate surface area is 188 Å². The third kappa shape index (κ3) is 6.46. The standard InChI is InChI=1S/C23H26ClF3O3S/c24-19-13-20(28)18(9-2-5-14-4-1-6-15(12-14)23(25,26)27)17(19)8-3-7-16-10-11-21(31-16)22(29)30/h1,4,6,10-12,17-20,28H,2-3,5,7-9,13H2,(H,29,30)/t17-,18-,19?,20-/m1/s1. The van der Waals surface area contributed by atoms with Crippen molar-refractivity contribution in [2.75, 3.05) is 0 Å². The van der Waals surface area contributed by atoms with Gasteiger partial charge in [-0.2, -0.15) is 13.2 Å². The number of aryl methyl sites for hydroxylation is 2. The first-order valence-electron chi connectivity index (χ1n) is 10.5. The summed E-state index contributed by atoms with van der Waals surface area (Å²) in [4.78, 5) is 12.3. The van der Waals surface area contributed by atoms with E-state index in [1.165, 1.54) is 23.5 Å². The number of alkyl halides is 4. The lowest BCUT2D eigenvalue weighted by Gasteiger charge is -2.23. The number of carboxylic acid groups (broad SMARTS) is 1. The largest absolute Gasteiger partial charge is 0.477 e. The highest BCUT2D eigenvalue weighted by atomic mass is 35.5. The maximum atomic E-state index is 12.9. The molecule has 1 aliphatic rings. The van der Waals surface area contributed by atoms with Crippen molar-refractivity contribution < 1.29 is 28.2 Å². The quantitative estimate of drug-likeness (QED) is 0.412. The highest BCUT2D eigenvalue weighted by molar-refractivity contribution is 7.13. The predicted molar refractivity (Wildman–Crippen MR) is 116 cm³/mol. The molecule has 1 fully saturated rings. The molecule has 1 aromatic carbocycles. The molecule has 0 spiro atoms. The molecule has 1 aliphatic carbocycles. The smallest absolute Gasteiger partial charge is 0.416 e. The first kappa shape index (κ1) is 24.1. The fourth-order valence-corrected chi connectivity index (χ4v) is 5.90. The van der Waals surface area contributed by atoms with Crippen LogP contribution in [0.1, 0.15) is 57.8 Å². The van der Waals surface area contributed by atoms with Crippen LogP contribution in [-0.4, -0.2) is 27.7 Å². The minimum atomic E-state index is -4.34. The van der Waals surface area contributed by atoms with Crippen molar-refractivity contribution in [2.24, 2.45) is 11.8 Å². The molecule has 0 bridgehead atoms. The predicted octanol–water partition coefficient (Wildman–Crippen LogP) is 6.42. The monoisotopic (exact) mass is 474 g/mol. The summed E-state index contributed by atoms with van der Waals surface area (Å²) in [6.45, 7) is 0. The van der Waals surface area contributed by atoms with E-state index in [0.29, 0.717) is 36.1 Å². The number of rotatable bonds is 9. The van der Waals surface area contributed by atoms with E-state index in [2.05, 4.69) is 0 Å². The second kappa shape index (κ2) is 10.4. The average Bonchev–Trinajstić information content (AvgIpc) is 3.27. The van der Waals surface area contributed by atoms with Gasteiger partial charge in [-0.1, -0.05) is 18.2 Å². The van der Waals surface area contributed by atoms with Crippen molar-refractivity contribution in [3.05, 3.63) is 57.3 Å². The van der Waals surface area contributed by atoms with Crippen LogP contribution >= 0.6 is 22.9 Å². The molecular weight excluding hydrogens is 449 g/mol. The van der Waals surface area contributed by atoms with Crippen LogP contribution in [0.4, 0.5) is 13.2 Å². The molecule has 0 amide bonds. The average molecular weight is 475 g/mol. The van der Waals surface area contributed by atoms with Crippen molar-refractivity contribution in [3.63, 3.8) is 0 Å². The van der Waals surface area contributed by atoms with Gasteiger partial charge in [0.25, 0.3) is 0 Å². The summed E-state index contributed by atoms with van der Waals surface area (Å²) in [5, 5.41) is 19.4. The number of benzene rings is 1. The van der Waals surface area contributed by atoms with Crippen molar-refractivity contribution in [3.8, 4) is 0 Å². The Balaban J connectivity index is 1.51. The number of aromatic carboxylic acids is 1. The van der Waals surface area contributed by atoms with E-state index in [9.17, 15) is 23.1 Å². The fraction of sp³-hybridized carbons (Fsp3) is 0.522. The Morgan fingerprint density at radius 2 is 1.81 bits per heavy atom. The molecule has 31 heavy (non-hydrogen) atoms. The Morgan fingerprint density at radius 1 is 1.10 bits per heavy atom. The number of hydrogen-bond acceptors (Lipinski definition) is 3. The second-order valence-corrected chi connectivity index (χ2v) is 9.93.